The van der Waals surface area contributed by atoms with Crippen molar-refractivity contribution in [2.24, 2.45) is 11.7 Å². The van der Waals surface area contributed by atoms with E-state index in [0.717, 1.165) is 38.0 Å². The summed E-state index contributed by atoms with van der Waals surface area (Å²) >= 11 is 1.65. The number of hydrogen-bond donors (Lipinski definition) is 1. The zero-order chi connectivity index (χ0) is 12.1. The van der Waals surface area contributed by atoms with Crippen molar-refractivity contribution in [3.8, 4) is 0 Å². The predicted molar refractivity (Wildman–Crippen MR) is 78.2 cm³/mol. The normalized spacial score (nSPS) is 19.4. The van der Waals surface area contributed by atoms with E-state index in [-0.39, 0.29) is 18.3 Å². The number of thiophene rings is 1. The van der Waals surface area contributed by atoms with Gasteiger partial charge in [0, 0.05) is 13.1 Å². The maximum atomic E-state index is 12.1. The number of nitrogens with zero attached hydrogens (tertiary/aromatic N) is 1. The van der Waals surface area contributed by atoms with Crippen LogP contribution in [0.4, 0.5) is 0 Å². The Balaban J connectivity index is 0.00000162. The summed E-state index contributed by atoms with van der Waals surface area (Å²) in [5, 5.41) is 4.08. The van der Waals surface area contributed by atoms with E-state index in [4.69, 9.17) is 5.73 Å². The van der Waals surface area contributed by atoms with Gasteiger partial charge >= 0.3 is 0 Å². The van der Waals surface area contributed by atoms with Gasteiger partial charge in [-0.15, -0.1) is 12.4 Å². The van der Waals surface area contributed by atoms with E-state index in [0.29, 0.717) is 12.3 Å². The van der Waals surface area contributed by atoms with Gasteiger partial charge in [0.2, 0.25) is 5.91 Å². The van der Waals surface area contributed by atoms with Gasteiger partial charge < -0.3 is 10.6 Å². The number of halogens is 1. The topological polar surface area (TPSA) is 46.3 Å². The summed E-state index contributed by atoms with van der Waals surface area (Å²) in [6.45, 7) is 2.56. The first-order valence-corrected chi connectivity index (χ1v) is 7.23. The van der Waals surface area contributed by atoms with Crippen molar-refractivity contribution in [2.45, 2.75) is 25.7 Å². The number of rotatable bonds is 4. The van der Waals surface area contributed by atoms with E-state index < -0.39 is 0 Å². The number of amides is 1. The Morgan fingerprint density at radius 2 is 2.39 bits per heavy atom. The van der Waals surface area contributed by atoms with E-state index in [2.05, 4.69) is 5.38 Å². The second kappa shape index (κ2) is 7.77. The highest BCUT2D eigenvalue weighted by Gasteiger charge is 2.22. The Labute approximate surface area is 119 Å². The smallest absolute Gasteiger partial charge is 0.227 e. The molecule has 0 radical (unpaired) electrons. The zero-order valence-electron chi connectivity index (χ0n) is 10.5. The van der Waals surface area contributed by atoms with Crippen LogP contribution in [0.1, 0.15) is 24.8 Å². The Hall–Kier alpha value is -0.580. The molecule has 1 saturated heterocycles. The minimum Gasteiger partial charge on any atom is -0.342 e. The third-order valence-electron chi connectivity index (χ3n) is 3.38. The van der Waals surface area contributed by atoms with Crippen LogP contribution < -0.4 is 5.73 Å². The maximum absolute atomic E-state index is 12.1. The van der Waals surface area contributed by atoms with Crippen LogP contribution in [-0.4, -0.2) is 30.4 Å². The summed E-state index contributed by atoms with van der Waals surface area (Å²) < 4.78 is 0. The Bertz CT molecular complexity index is 354. The van der Waals surface area contributed by atoms with Crippen LogP contribution in [-0.2, 0) is 11.2 Å². The molecule has 2 N–H and O–H groups in total. The molecule has 1 amide bonds. The van der Waals surface area contributed by atoms with Gasteiger partial charge in [-0.2, -0.15) is 11.3 Å². The first-order valence-electron chi connectivity index (χ1n) is 6.28. The van der Waals surface area contributed by atoms with Crippen molar-refractivity contribution in [1.29, 1.82) is 0 Å². The minimum absolute atomic E-state index is 0. The lowest BCUT2D eigenvalue weighted by atomic mass is 9.94. The summed E-state index contributed by atoms with van der Waals surface area (Å²) in [5.74, 6) is 0.880. The van der Waals surface area contributed by atoms with E-state index in [1.165, 1.54) is 6.42 Å². The second-order valence-electron chi connectivity index (χ2n) is 4.73. The lowest BCUT2D eigenvalue weighted by Crippen LogP contribution is -2.41. The zero-order valence-corrected chi connectivity index (χ0v) is 12.1. The summed E-state index contributed by atoms with van der Waals surface area (Å²) in [4.78, 5) is 14.1. The fraction of sp³-hybridized carbons (Fsp3) is 0.615. The Morgan fingerprint density at radius 3 is 3.06 bits per heavy atom. The van der Waals surface area contributed by atoms with Crippen molar-refractivity contribution in [3.63, 3.8) is 0 Å². The molecule has 1 aromatic heterocycles. The molecule has 0 aliphatic carbocycles. The molecule has 0 spiro atoms. The Morgan fingerprint density at radius 1 is 1.56 bits per heavy atom. The summed E-state index contributed by atoms with van der Waals surface area (Å²) in [5.41, 5.74) is 6.73. The fourth-order valence-corrected chi connectivity index (χ4v) is 3.11. The highest BCUT2D eigenvalue weighted by molar-refractivity contribution is 7.07. The summed E-state index contributed by atoms with van der Waals surface area (Å²) in [7, 11) is 0. The van der Waals surface area contributed by atoms with Crippen LogP contribution in [0.15, 0.2) is 16.8 Å². The standard InChI is InChI=1S/C13H20N2OS.ClH/c14-5-3-11-2-1-6-15(9-11)13(16)8-12-4-7-17-10-12;/h4,7,10-11H,1-3,5-6,8-9,14H2;1H. The molecule has 3 nitrogen and oxygen atoms in total. The molecule has 1 atom stereocenters. The molecule has 1 aliphatic rings. The minimum atomic E-state index is 0. The van der Waals surface area contributed by atoms with E-state index in [9.17, 15) is 4.79 Å². The SMILES string of the molecule is Cl.NCCC1CCCN(C(=O)Cc2ccsc2)C1. The highest BCUT2D eigenvalue weighted by Crippen LogP contribution is 2.20. The number of nitrogens with two attached hydrogens (primary N) is 1. The molecule has 18 heavy (non-hydrogen) atoms. The third kappa shape index (κ3) is 4.26. The molecule has 1 fully saturated rings. The third-order valence-corrected chi connectivity index (χ3v) is 4.11. The molecule has 1 unspecified atom stereocenters. The maximum Gasteiger partial charge on any atom is 0.227 e. The van der Waals surface area contributed by atoms with Gasteiger partial charge in [0.25, 0.3) is 0 Å². The Kier molecular flexibility index (Phi) is 6.68. The first-order chi connectivity index (χ1) is 8.29. The van der Waals surface area contributed by atoms with Crippen LogP contribution >= 0.6 is 23.7 Å². The molecule has 0 aromatic carbocycles. The molecule has 0 saturated carbocycles. The van der Waals surface area contributed by atoms with Crippen LogP contribution in [0.5, 0.6) is 0 Å². The van der Waals surface area contributed by atoms with Gasteiger partial charge in [-0.05, 0) is 54.1 Å². The predicted octanol–water partition coefficient (Wildman–Crippen LogP) is 2.30. The number of piperidine rings is 1. The number of carbonyl (C=O) groups is 1. The highest BCUT2D eigenvalue weighted by atomic mass is 35.5. The largest absolute Gasteiger partial charge is 0.342 e. The molecular weight excluding hydrogens is 268 g/mol. The van der Waals surface area contributed by atoms with Gasteiger partial charge in [-0.3, -0.25) is 4.79 Å². The van der Waals surface area contributed by atoms with Crippen LogP contribution in [0.3, 0.4) is 0 Å². The van der Waals surface area contributed by atoms with Crippen LogP contribution in [0.25, 0.3) is 0 Å². The quantitative estimate of drug-likeness (QED) is 0.924. The molecule has 0 bridgehead atoms. The molecule has 5 heteroatoms. The molecule has 102 valence electrons. The van der Waals surface area contributed by atoms with E-state index in [1.807, 2.05) is 16.3 Å². The molecule has 1 aliphatic heterocycles. The van der Waals surface area contributed by atoms with Crippen molar-refractivity contribution >= 4 is 29.7 Å². The van der Waals surface area contributed by atoms with Gasteiger partial charge in [-0.25, -0.2) is 0 Å². The molecule has 1 aromatic rings. The lowest BCUT2D eigenvalue weighted by molar-refractivity contribution is -0.132. The average Bonchev–Trinajstić information content (AvgIpc) is 2.83. The summed E-state index contributed by atoms with van der Waals surface area (Å²) in [6, 6.07) is 2.03. The van der Waals surface area contributed by atoms with Gasteiger partial charge in [0.1, 0.15) is 0 Å². The molecular formula is C13H21ClN2OS. The molecule has 2 heterocycles. The number of carbonyl (C=O) groups excluding carboxylic acids is 1. The fourth-order valence-electron chi connectivity index (χ4n) is 2.44. The van der Waals surface area contributed by atoms with Crippen molar-refractivity contribution in [2.75, 3.05) is 19.6 Å². The van der Waals surface area contributed by atoms with Gasteiger partial charge in [-0.1, -0.05) is 0 Å². The lowest BCUT2D eigenvalue weighted by Gasteiger charge is -2.32. The van der Waals surface area contributed by atoms with Gasteiger partial charge in [0.05, 0.1) is 6.42 Å². The van der Waals surface area contributed by atoms with E-state index in [1.54, 1.807) is 11.3 Å². The number of hydrogen-bond acceptors (Lipinski definition) is 3. The van der Waals surface area contributed by atoms with E-state index >= 15 is 0 Å². The monoisotopic (exact) mass is 288 g/mol. The number of likely N-dealkylation sites (tertiary alicyclic amines) is 1. The van der Waals surface area contributed by atoms with Gasteiger partial charge in [0.15, 0.2) is 0 Å². The molecule has 2 rings (SSSR count). The van der Waals surface area contributed by atoms with Crippen molar-refractivity contribution < 1.29 is 4.79 Å². The average molecular weight is 289 g/mol. The van der Waals surface area contributed by atoms with Crippen molar-refractivity contribution in [1.82, 2.24) is 4.90 Å². The first kappa shape index (κ1) is 15.5. The summed E-state index contributed by atoms with van der Waals surface area (Å²) in [6.07, 6.45) is 3.94. The van der Waals surface area contributed by atoms with Crippen LogP contribution in [0.2, 0.25) is 0 Å². The van der Waals surface area contributed by atoms with Crippen LogP contribution in [0, 0.1) is 5.92 Å². The van der Waals surface area contributed by atoms with Crippen molar-refractivity contribution in [3.05, 3.63) is 22.4 Å². The second-order valence-corrected chi connectivity index (χ2v) is 5.51.